The topological polar surface area (TPSA) is 141 Å². The standard InChI is InChI=1S/C33H35FN4O7S2/c1-32(2,3)44-31(40)35-25-19-46-27-17-24(34)23(28-36-30(45-37-28)33(4,5)47(6,41)42)16-26(27)38(29(25)39)18-20-12-14-22(15-13-20)43-21-10-8-7-9-11-21/h7-17,25H,18-19H2,1-6H3,(H,35,40)/t25-/m0/s1. The molecule has 2 heterocycles. The molecule has 0 aliphatic carbocycles. The van der Waals surface area contributed by atoms with Crippen LogP contribution in [0.1, 0.15) is 46.1 Å². The predicted octanol–water partition coefficient (Wildman–Crippen LogP) is 6.48. The van der Waals surface area contributed by atoms with Crippen molar-refractivity contribution < 1.29 is 36.4 Å². The third-order valence-electron chi connectivity index (χ3n) is 7.35. The number of fused-ring (bicyclic) bond motifs is 1. The molecule has 0 bridgehead atoms. The number of nitrogens with one attached hydrogen (secondary N) is 1. The number of aromatic nitrogens is 2. The van der Waals surface area contributed by atoms with Gasteiger partial charge in [-0.2, -0.15) is 4.98 Å². The number of rotatable bonds is 8. The lowest BCUT2D eigenvalue weighted by Gasteiger charge is -2.27. The summed E-state index contributed by atoms with van der Waals surface area (Å²) in [5.41, 5.74) is 0.203. The summed E-state index contributed by atoms with van der Waals surface area (Å²) in [6.45, 7) is 8.04. The van der Waals surface area contributed by atoms with E-state index in [4.69, 9.17) is 14.0 Å². The first-order chi connectivity index (χ1) is 22.0. The Morgan fingerprint density at radius 1 is 1.06 bits per heavy atom. The molecule has 5 rings (SSSR count). The molecule has 1 aliphatic heterocycles. The van der Waals surface area contributed by atoms with Crippen LogP contribution in [0.3, 0.4) is 0 Å². The Morgan fingerprint density at radius 3 is 2.36 bits per heavy atom. The quantitative estimate of drug-likeness (QED) is 0.220. The zero-order chi connectivity index (χ0) is 34.1. The molecule has 0 spiro atoms. The lowest BCUT2D eigenvalue weighted by Crippen LogP contribution is -2.50. The first-order valence-electron chi connectivity index (χ1n) is 14.6. The van der Waals surface area contributed by atoms with Crippen molar-refractivity contribution in [2.24, 2.45) is 0 Å². The van der Waals surface area contributed by atoms with Gasteiger partial charge in [-0.05, 0) is 76.6 Å². The number of alkyl carbamates (subject to hydrolysis) is 1. The smallest absolute Gasteiger partial charge is 0.408 e. The van der Waals surface area contributed by atoms with Crippen LogP contribution in [0.5, 0.6) is 11.5 Å². The molecule has 0 fully saturated rings. The van der Waals surface area contributed by atoms with Crippen molar-refractivity contribution in [2.75, 3.05) is 16.9 Å². The first kappa shape index (κ1) is 33.9. The van der Waals surface area contributed by atoms with Crippen LogP contribution in [-0.2, 0) is 30.7 Å². The highest BCUT2D eigenvalue weighted by molar-refractivity contribution is 7.99. The number of para-hydroxylation sites is 1. The molecule has 2 amide bonds. The van der Waals surface area contributed by atoms with Crippen LogP contribution in [-0.4, -0.2) is 54.2 Å². The van der Waals surface area contributed by atoms with Crippen molar-refractivity contribution in [1.29, 1.82) is 0 Å². The van der Waals surface area contributed by atoms with Crippen LogP contribution < -0.4 is 15.0 Å². The number of hydrogen-bond acceptors (Lipinski definition) is 10. The molecule has 1 aromatic heterocycles. The van der Waals surface area contributed by atoms with E-state index in [9.17, 15) is 18.0 Å². The number of benzene rings is 3. The molecule has 0 unspecified atom stereocenters. The van der Waals surface area contributed by atoms with Crippen molar-refractivity contribution >= 4 is 39.3 Å². The number of halogens is 1. The SMILES string of the molecule is CC(C)(C)OC(=O)N[C@H]1CSc2cc(F)c(-c3noc(C(C)(C)S(C)(=O)=O)n3)cc2N(Cc2ccc(Oc3ccccc3)cc2)C1=O. The van der Waals surface area contributed by atoms with Crippen molar-refractivity contribution in [3.63, 3.8) is 0 Å². The van der Waals surface area contributed by atoms with Crippen LogP contribution in [0.2, 0.25) is 0 Å². The van der Waals surface area contributed by atoms with E-state index in [1.54, 1.807) is 32.9 Å². The summed E-state index contributed by atoms with van der Waals surface area (Å²) in [5.74, 6) is -0.152. The number of carbonyl (C=O) groups excluding carboxylic acids is 2. The van der Waals surface area contributed by atoms with Crippen LogP contribution in [0.4, 0.5) is 14.9 Å². The minimum atomic E-state index is -3.65. The molecule has 1 aliphatic rings. The van der Waals surface area contributed by atoms with E-state index >= 15 is 4.39 Å². The lowest BCUT2D eigenvalue weighted by molar-refractivity contribution is -0.120. The zero-order valence-electron chi connectivity index (χ0n) is 26.7. The number of anilines is 1. The number of hydrogen-bond donors (Lipinski definition) is 1. The molecule has 248 valence electrons. The van der Waals surface area contributed by atoms with E-state index in [1.165, 1.54) is 42.6 Å². The van der Waals surface area contributed by atoms with E-state index in [0.29, 0.717) is 22.1 Å². The van der Waals surface area contributed by atoms with Crippen molar-refractivity contribution in [2.45, 2.75) is 62.4 Å². The second-order valence-electron chi connectivity index (χ2n) is 12.5. The van der Waals surface area contributed by atoms with Gasteiger partial charge in [-0.3, -0.25) is 4.79 Å². The van der Waals surface area contributed by atoms with Gasteiger partial charge in [0.15, 0.2) is 9.84 Å². The average Bonchev–Trinajstić information content (AvgIpc) is 3.45. The van der Waals surface area contributed by atoms with E-state index in [0.717, 1.165) is 11.8 Å². The summed E-state index contributed by atoms with van der Waals surface area (Å²) in [6, 6.07) is 18.2. The molecule has 3 aromatic carbocycles. The van der Waals surface area contributed by atoms with E-state index in [2.05, 4.69) is 15.5 Å². The number of carbonyl (C=O) groups is 2. The van der Waals surface area contributed by atoms with Gasteiger partial charge in [0.05, 0.1) is 17.8 Å². The maximum absolute atomic E-state index is 15.6. The Morgan fingerprint density at radius 2 is 1.72 bits per heavy atom. The minimum absolute atomic E-state index is 0.0637. The Kier molecular flexibility index (Phi) is 9.38. The van der Waals surface area contributed by atoms with Crippen LogP contribution >= 0.6 is 11.8 Å². The van der Waals surface area contributed by atoms with Crippen LogP contribution in [0.15, 0.2) is 76.1 Å². The van der Waals surface area contributed by atoms with Gasteiger partial charge in [0.25, 0.3) is 5.91 Å². The van der Waals surface area contributed by atoms with Gasteiger partial charge in [-0.15, -0.1) is 11.8 Å². The molecule has 11 nitrogen and oxygen atoms in total. The zero-order valence-corrected chi connectivity index (χ0v) is 28.4. The number of nitrogens with zero attached hydrogens (tertiary/aromatic N) is 3. The summed E-state index contributed by atoms with van der Waals surface area (Å²) in [6.07, 6.45) is 0.285. The molecule has 0 saturated carbocycles. The first-order valence-corrected chi connectivity index (χ1v) is 17.5. The van der Waals surface area contributed by atoms with E-state index in [1.807, 2.05) is 42.5 Å². The fourth-order valence-electron chi connectivity index (χ4n) is 4.52. The second kappa shape index (κ2) is 13.0. The Hall–Kier alpha value is -4.43. The van der Waals surface area contributed by atoms with E-state index in [-0.39, 0.29) is 29.6 Å². The van der Waals surface area contributed by atoms with Crippen molar-refractivity contribution in [1.82, 2.24) is 15.5 Å². The maximum atomic E-state index is 15.6. The van der Waals surface area contributed by atoms with Crippen molar-refractivity contribution in [3.8, 4) is 22.9 Å². The minimum Gasteiger partial charge on any atom is -0.457 e. The highest BCUT2D eigenvalue weighted by Crippen LogP contribution is 2.40. The molecular formula is C33H35FN4O7S2. The van der Waals surface area contributed by atoms with Gasteiger partial charge >= 0.3 is 6.09 Å². The van der Waals surface area contributed by atoms with E-state index < -0.39 is 44.0 Å². The maximum Gasteiger partial charge on any atom is 0.408 e. The Labute approximate surface area is 276 Å². The summed E-state index contributed by atoms with van der Waals surface area (Å²) >= 11 is 1.19. The van der Waals surface area contributed by atoms with Gasteiger partial charge in [-0.25, -0.2) is 17.6 Å². The molecule has 14 heteroatoms. The lowest BCUT2D eigenvalue weighted by atomic mass is 10.1. The molecule has 0 saturated heterocycles. The molecular weight excluding hydrogens is 648 g/mol. The number of thioether (sulfide) groups is 1. The third kappa shape index (κ3) is 7.76. The third-order valence-corrected chi connectivity index (χ3v) is 10.5. The fourth-order valence-corrected chi connectivity index (χ4v) is 5.99. The average molecular weight is 683 g/mol. The van der Waals surface area contributed by atoms with Gasteiger partial charge in [0.1, 0.15) is 33.7 Å². The summed E-state index contributed by atoms with van der Waals surface area (Å²) in [7, 11) is -3.65. The van der Waals surface area contributed by atoms with Crippen LogP contribution in [0, 0.1) is 5.82 Å². The molecule has 1 N–H and O–H groups in total. The predicted molar refractivity (Wildman–Crippen MR) is 176 cm³/mol. The van der Waals surface area contributed by atoms with Crippen molar-refractivity contribution in [3.05, 3.63) is 84.0 Å². The largest absolute Gasteiger partial charge is 0.457 e. The summed E-state index contributed by atoms with van der Waals surface area (Å²) in [5, 5.41) is 6.54. The monoisotopic (exact) mass is 682 g/mol. The van der Waals surface area contributed by atoms with Crippen LogP contribution in [0.25, 0.3) is 11.4 Å². The Balaban J connectivity index is 1.51. The molecule has 0 radical (unpaired) electrons. The van der Waals surface area contributed by atoms with Gasteiger partial charge in [0, 0.05) is 16.9 Å². The summed E-state index contributed by atoms with van der Waals surface area (Å²) < 4.78 is 55.4. The summed E-state index contributed by atoms with van der Waals surface area (Å²) in [4.78, 5) is 32.9. The highest BCUT2D eigenvalue weighted by atomic mass is 32.2. The second-order valence-corrected chi connectivity index (χ2v) is 16.1. The fraction of sp³-hybridized carbons (Fsp3) is 0.333. The normalized spacial score (nSPS) is 15.5. The molecule has 47 heavy (non-hydrogen) atoms. The number of amides is 2. The van der Waals surface area contributed by atoms with Gasteiger partial charge in [0.2, 0.25) is 11.7 Å². The molecule has 4 aromatic rings. The molecule has 1 atom stereocenters. The Bertz CT molecular complexity index is 1890. The van der Waals surface area contributed by atoms with Gasteiger partial charge < -0.3 is 24.2 Å². The van der Waals surface area contributed by atoms with Gasteiger partial charge in [-0.1, -0.05) is 35.5 Å². The number of ether oxygens (including phenoxy) is 2. The highest BCUT2D eigenvalue weighted by Gasteiger charge is 2.39. The number of sulfone groups is 1.